The molecule has 1 atom stereocenters. The Morgan fingerprint density at radius 2 is 1.96 bits per heavy atom. The van der Waals surface area contributed by atoms with Crippen molar-refractivity contribution in [1.29, 1.82) is 0 Å². The van der Waals surface area contributed by atoms with E-state index in [4.69, 9.17) is 0 Å². The molecule has 6 heteroatoms. The van der Waals surface area contributed by atoms with E-state index in [2.05, 4.69) is 15.6 Å². The van der Waals surface area contributed by atoms with Crippen LogP contribution >= 0.6 is 0 Å². The van der Waals surface area contributed by atoms with Gasteiger partial charge in [0.2, 0.25) is 11.9 Å². The van der Waals surface area contributed by atoms with E-state index in [0.717, 1.165) is 12.0 Å². The minimum absolute atomic E-state index is 0.0332. The molecule has 2 N–H and O–H groups in total. The van der Waals surface area contributed by atoms with Gasteiger partial charge in [-0.25, -0.2) is 9.38 Å². The predicted molar refractivity (Wildman–Crippen MR) is 92.6 cm³/mol. The first-order chi connectivity index (χ1) is 12.1. The zero-order valence-corrected chi connectivity index (χ0v) is 13.8. The molecule has 128 valence electrons. The van der Waals surface area contributed by atoms with Crippen LogP contribution in [0.3, 0.4) is 0 Å². The number of guanidine groups is 1. The van der Waals surface area contributed by atoms with E-state index in [1.54, 1.807) is 30.3 Å². The monoisotopic (exact) mass is 339 g/mol. The summed E-state index contributed by atoms with van der Waals surface area (Å²) in [5.41, 5.74) is 1.91. The van der Waals surface area contributed by atoms with Crippen LogP contribution < -0.4 is 10.6 Å². The second kappa shape index (κ2) is 7.25. The number of benzene rings is 2. The number of amides is 2. The van der Waals surface area contributed by atoms with Crippen molar-refractivity contribution in [1.82, 2.24) is 10.6 Å². The molecule has 2 aromatic carbocycles. The molecule has 2 amide bonds. The number of hydrogen-bond acceptors (Lipinski definition) is 3. The van der Waals surface area contributed by atoms with Crippen molar-refractivity contribution in [2.75, 3.05) is 0 Å². The molecule has 25 heavy (non-hydrogen) atoms. The predicted octanol–water partition coefficient (Wildman–Crippen LogP) is 2.74. The van der Waals surface area contributed by atoms with Crippen LogP contribution in [0, 0.1) is 5.82 Å². The summed E-state index contributed by atoms with van der Waals surface area (Å²) in [6.45, 7) is 2.03. The Bertz CT molecular complexity index is 831. The van der Waals surface area contributed by atoms with Crippen LogP contribution in [-0.4, -0.2) is 17.8 Å². The van der Waals surface area contributed by atoms with E-state index < -0.39 is 11.9 Å². The van der Waals surface area contributed by atoms with Crippen molar-refractivity contribution >= 4 is 17.8 Å². The summed E-state index contributed by atoms with van der Waals surface area (Å²) < 4.78 is 13.9. The number of halogens is 1. The highest BCUT2D eigenvalue weighted by Gasteiger charge is 2.25. The molecule has 0 aliphatic carbocycles. The van der Waals surface area contributed by atoms with E-state index in [1.807, 2.05) is 19.1 Å². The number of carbonyl (C=O) groups excluding carboxylic acids is 2. The maximum atomic E-state index is 13.9. The molecule has 1 aliphatic heterocycles. The van der Waals surface area contributed by atoms with Crippen molar-refractivity contribution in [3.05, 3.63) is 71.0 Å². The molecule has 1 aliphatic rings. The highest BCUT2D eigenvalue weighted by Crippen LogP contribution is 2.25. The van der Waals surface area contributed by atoms with Gasteiger partial charge in [0.15, 0.2) is 0 Å². The summed E-state index contributed by atoms with van der Waals surface area (Å²) in [6, 6.07) is 12.7. The summed E-state index contributed by atoms with van der Waals surface area (Å²) in [4.78, 5) is 28.5. The van der Waals surface area contributed by atoms with Crippen LogP contribution in [0.2, 0.25) is 0 Å². The molecule has 0 spiro atoms. The van der Waals surface area contributed by atoms with Gasteiger partial charge in [-0.2, -0.15) is 0 Å². The summed E-state index contributed by atoms with van der Waals surface area (Å²) in [6.07, 6.45) is 0.917. The highest BCUT2D eigenvalue weighted by molar-refractivity contribution is 6.10. The number of hydrogen-bond donors (Lipinski definition) is 2. The number of carbonyl (C=O) groups is 2. The fraction of sp³-hybridized carbons (Fsp3) is 0.211. The van der Waals surface area contributed by atoms with Crippen LogP contribution in [-0.2, 0) is 11.2 Å². The van der Waals surface area contributed by atoms with Crippen molar-refractivity contribution in [2.45, 2.75) is 25.8 Å². The third kappa shape index (κ3) is 3.91. The number of rotatable bonds is 3. The average molecular weight is 339 g/mol. The first kappa shape index (κ1) is 16.8. The molecular weight excluding hydrogens is 321 g/mol. The molecule has 0 saturated carbocycles. The summed E-state index contributed by atoms with van der Waals surface area (Å²) in [5, 5.41) is 5.09. The Morgan fingerprint density at radius 1 is 1.24 bits per heavy atom. The molecule has 0 unspecified atom stereocenters. The van der Waals surface area contributed by atoms with Crippen LogP contribution in [0.5, 0.6) is 0 Å². The van der Waals surface area contributed by atoms with Gasteiger partial charge in [0.25, 0.3) is 5.91 Å². The van der Waals surface area contributed by atoms with Crippen LogP contribution in [0.25, 0.3) is 0 Å². The van der Waals surface area contributed by atoms with Gasteiger partial charge in [0, 0.05) is 11.1 Å². The largest absolute Gasteiger partial charge is 0.296 e. The summed E-state index contributed by atoms with van der Waals surface area (Å²) in [7, 11) is 0. The Balaban J connectivity index is 1.79. The topological polar surface area (TPSA) is 70.6 Å². The lowest BCUT2D eigenvalue weighted by Crippen LogP contribution is -2.47. The number of aryl methyl sites for hydroxylation is 1. The second-order valence-corrected chi connectivity index (χ2v) is 5.77. The maximum absolute atomic E-state index is 13.9. The molecule has 0 fully saturated rings. The fourth-order valence-corrected chi connectivity index (χ4v) is 2.65. The van der Waals surface area contributed by atoms with Crippen molar-refractivity contribution < 1.29 is 14.0 Å². The van der Waals surface area contributed by atoms with Crippen LogP contribution in [0.4, 0.5) is 4.39 Å². The van der Waals surface area contributed by atoms with Gasteiger partial charge >= 0.3 is 0 Å². The van der Waals surface area contributed by atoms with Gasteiger partial charge in [0.1, 0.15) is 5.82 Å². The van der Waals surface area contributed by atoms with Gasteiger partial charge in [0.05, 0.1) is 12.5 Å². The lowest BCUT2D eigenvalue weighted by Gasteiger charge is -2.21. The smallest absolute Gasteiger partial charge is 0.257 e. The molecule has 0 saturated heterocycles. The molecular formula is C19H18FN3O2. The molecule has 0 bridgehead atoms. The second-order valence-electron chi connectivity index (χ2n) is 5.77. The summed E-state index contributed by atoms with van der Waals surface area (Å²) in [5.74, 6) is -1.09. The van der Waals surface area contributed by atoms with E-state index >= 15 is 0 Å². The van der Waals surface area contributed by atoms with Gasteiger partial charge < -0.3 is 0 Å². The number of nitrogens with zero attached hydrogens (tertiary/aromatic N) is 1. The molecule has 5 nitrogen and oxygen atoms in total. The van der Waals surface area contributed by atoms with Gasteiger partial charge in [-0.1, -0.05) is 37.3 Å². The molecule has 3 rings (SSSR count). The van der Waals surface area contributed by atoms with Crippen molar-refractivity contribution in [3.8, 4) is 0 Å². The Morgan fingerprint density at radius 3 is 2.64 bits per heavy atom. The molecule has 1 heterocycles. The third-order valence-corrected chi connectivity index (χ3v) is 4.04. The van der Waals surface area contributed by atoms with Gasteiger partial charge in [-0.3, -0.25) is 20.2 Å². The quantitative estimate of drug-likeness (QED) is 0.903. The normalized spacial score (nSPS) is 16.8. The van der Waals surface area contributed by atoms with Crippen LogP contribution in [0.15, 0.2) is 53.5 Å². The zero-order valence-electron chi connectivity index (χ0n) is 13.8. The number of aliphatic imine (C=N–C) groups is 1. The summed E-state index contributed by atoms with van der Waals surface area (Å²) >= 11 is 0. The van der Waals surface area contributed by atoms with Gasteiger partial charge in [-0.05, 0) is 30.2 Å². The minimum atomic E-state index is -0.660. The average Bonchev–Trinajstić information content (AvgIpc) is 2.61. The third-order valence-electron chi connectivity index (χ3n) is 4.04. The van der Waals surface area contributed by atoms with E-state index in [0.29, 0.717) is 11.1 Å². The van der Waals surface area contributed by atoms with Gasteiger partial charge in [-0.15, -0.1) is 0 Å². The SMILES string of the molecule is CCc1ccc(C(=O)NC2=N[C@H](c3ccccc3F)CC(=O)N2)cc1. The van der Waals surface area contributed by atoms with E-state index in [-0.39, 0.29) is 24.2 Å². The number of nitrogens with one attached hydrogen (secondary N) is 2. The fourth-order valence-electron chi connectivity index (χ4n) is 2.65. The maximum Gasteiger partial charge on any atom is 0.257 e. The lowest BCUT2D eigenvalue weighted by molar-refractivity contribution is -0.120. The first-order valence-corrected chi connectivity index (χ1v) is 8.09. The highest BCUT2D eigenvalue weighted by atomic mass is 19.1. The first-order valence-electron chi connectivity index (χ1n) is 8.09. The van der Waals surface area contributed by atoms with E-state index in [1.165, 1.54) is 6.07 Å². The van der Waals surface area contributed by atoms with Crippen LogP contribution in [0.1, 0.15) is 40.9 Å². The Labute approximate surface area is 145 Å². The molecule has 2 aromatic rings. The Kier molecular flexibility index (Phi) is 4.88. The zero-order chi connectivity index (χ0) is 17.8. The lowest BCUT2D eigenvalue weighted by atomic mass is 10.0. The van der Waals surface area contributed by atoms with E-state index in [9.17, 15) is 14.0 Å². The van der Waals surface area contributed by atoms with Crippen molar-refractivity contribution in [3.63, 3.8) is 0 Å². The minimum Gasteiger partial charge on any atom is -0.296 e. The molecule has 0 radical (unpaired) electrons. The Hall–Kier alpha value is -3.02. The van der Waals surface area contributed by atoms with Crippen molar-refractivity contribution in [2.24, 2.45) is 4.99 Å². The molecule has 0 aromatic heterocycles. The standard InChI is InChI=1S/C19H18FN3O2/c1-2-12-7-9-13(10-8-12)18(25)23-19-21-16(11-17(24)22-19)14-5-3-4-6-15(14)20/h3-10,16H,2,11H2,1H3,(H2,21,22,23,24,25)/t16-/m0/s1.